The second-order valence-corrected chi connectivity index (χ2v) is 3.67. The lowest BCUT2D eigenvalue weighted by molar-refractivity contribution is 0.348. The van der Waals surface area contributed by atoms with E-state index in [2.05, 4.69) is 15.3 Å². The van der Waals surface area contributed by atoms with Crippen LogP contribution >= 0.6 is 0 Å². The Balaban J connectivity index is 1.98. The van der Waals surface area contributed by atoms with E-state index < -0.39 is 6.17 Å². The van der Waals surface area contributed by atoms with Gasteiger partial charge in [-0.15, -0.1) is 0 Å². The van der Waals surface area contributed by atoms with E-state index in [1.807, 2.05) is 0 Å². The summed E-state index contributed by atoms with van der Waals surface area (Å²) >= 11 is 0. The molecule has 2 atom stereocenters. The highest BCUT2D eigenvalue weighted by molar-refractivity contribution is 5.66. The molecular weight excluding hydrogens is 197 g/mol. The van der Waals surface area contributed by atoms with Gasteiger partial charge < -0.3 is 9.73 Å². The molecular formula is C10H10FN3O. The maximum absolute atomic E-state index is 13.0. The molecule has 2 aromatic rings. The Kier molecular flexibility index (Phi) is 1.92. The fourth-order valence-electron chi connectivity index (χ4n) is 1.82. The second kappa shape index (κ2) is 3.27. The number of nitrogens with one attached hydrogen (secondary N) is 1. The van der Waals surface area contributed by atoms with Crippen molar-refractivity contribution in [2.24, 2.45) is 0 Å². The summed E-state index contributed by atoms with van der Waals surface area (Å²) in [6, 6.07) is 3.48. The largest absolute Gasteiger partial charge is 0.437 e. The van der Waals surface area contributed by atoms with Crippen LogP contribution in [0.25, 0.3) is 11.2 Å². The summed E-state index contributed by atoms with van der Waals surface area (Å²) in [6.45, 7) is 0.372. The molecule has 0 aromatic carbocycles. The minimum Gasteiger partial charge on any atom is -0.437 e. The van der Waals surface area contributed by atoms with Crippen molar-refractivity contribution in [2.75, 3.05) is 6.54 Å². The maximum Gasteiger partial charge on any atom is 0.214 e. The zero-order valence-electron chi connectivity index (χ0n) is 7.98. The lowest BCUT2D eigenvalue weighted by Gasteiger charge is -2.02. The van der Waals surface area contributed by atoms with E-state index in [1.54, 1.807) is 18.3 Å². The van der Waals surface area contributed by atoms with Crippen LogP contribution in [0.3, 0.4) is 0 Å². The summed E-state index contributed by atoms with van der Waals surface area (Å²) < 4.78 is 18.5. The van der Waals surface area contributed by atoms with Crippen LogP contribution in [0, 0.1) is 0 Å². The van der Waals surface area contributed by atoms with Crippen LogP contribution in [0.15, 0.2) is 22.7 Å². The third kappa shape index (κ3) is 1.48. The standard InChI is InChI=1S/C10H10FN3O/c11-6-4-7(13-5-6)10-14-9-8(15-10)2-1-3-12-9/h1-3,6-7,13H,4-5H2. The monoisotopic (exact) mass is 207 g/mol. The summed E-state index contributed by atoms with van der Waals surface area (Å²) in [4.78, 5) is 8.29. The molecule has 3 rings (SSSR count). The van der Waals surface area contributed by atoms with E-state index in [-0.39, 0.29) is 6.04 Å². The van der Waals surface area contributed by atoms with Crippen molar-refractivity contribution in [3.8, 4) is 0 Å². The minimum absolute atomic E-state index is 0.116. The van der Waals surface area contributed by atoms with Crippen LogP contribution in [0.2, 0.25) is 0 Å². The van der Waals surface area contributed by atoms with Crippen molar-refractivity contribution in [3.63, 3.8) is 0 Å². The van der Waals surface area contributed by atoms with Gasteiger partial charge in [0.25, 0.3) is 0 Å². The van der Waals surface area contributed by atoms with E-state index in [4.69, 9.17) is 4.42 Å². The van der Waals surface area contributed by atoms with Gasteiger partial charge in [-0.2, -0.15) is 4.98 Å². The average molecular weight is 207 g/mol. The first-order valence-electron chi connectivity index (χ1n) is 4.92. The van der Waals surface area contributed by atoms with Gasteiger partial charge in [0.2, 0.25) is 5.89 Å². The molecule has 2 aromatic heterocycles. The third-order valence-electron chi connectivity index (χ3n) is 2.56. The Morgan fingerprint density at radius 3 is 3.20 bits per heavy atom. The Bertz CT molecular complexity index is 451. The normalized spacial score (nSPS) is 26.2. The molecule has 0 bridgehead atoms. The number of aromatic nitrogens is 2. The van der Waals surface area contributed by atoms with Gasteiger partial charge in [0.15, 0.2) is 11.2 Å². The van der Waals surface area contributed by atoms with Crippen LogP contribution in [0.1, 0.15) is 18.4 Å². The van der Waals surface area contributed by atoms with Gasteiger partial charge in [0.05, 0.1) is 6.04 Å². The SMILES string of the molecule is FC1CNC(c2nc3ncccc3o2)C1. The summed E-state index contributed by atoms with van der Waals surface area (Å²) in [5, 5.41) is 3.02. The summed E-state index contributed by atoms with van der Waals surface area (Å²) in [5.41, 5.74) is 1.23. The summed E-state index contributed by atoms with van der Waals surface area (Å²) in [7, 11) is 0. The van der Waals surface area contributed by atoms with Crippen molar-refractivity contribution in [2.45, 2.75) is 18.6 Å². The fourth-order valence-corrected chi connectivity index (χ4v) is 1.82. The molecule has 1 aliphatic rings. The highest BCUT2D eigenvalue weighted by Gasteiger charge is 2.28. The minimum atomic E-state index is -0.807. The second-order valence-electron chi connectivity index (χ2n) is 3.67. The van der Waals surface area contributed by atoms with E-state index in [0.717, 1.165) is 0 Å². The van der Waals surface area contributed by atoms with Gasteiger partial charge in [0, 0.05) is 19.2 Å². The highest BCUT2D eigenvalue weighted by Crippen LogP contribution is 2.26. The number of pyridine rings is 1. The average Bonchev–Trinajstić information content (AvgIpc) is 2.82. The van der Waals surface area contributed by atoms with Crippen molar-refractivity contribution in [3.05, 3.63) is 24.2 Å². The van der Waals surface area contributed by atoms with Gasteiger partial charge in [-0.05, 0) is 12.1 Å². The number of nitrogens with zero attached hydrogens (tertiary/aromatic N) is 2. The Morgan fingerprint density at radius 2 is 2.47 bits per heavy atom. The Morgan fingerprint density at radius 1 is 1.53 bits per heavy atom. The van der Waals surface area contributed by atoms with Crippen molar-refractivity contribution in [1.29, 1.82) is 0 Å². The van der Waals surface area contributed by atoms with Gasteiger partial charge in [0.1, 0.15) is 6.17 Å². The van der Waals surface area contributed by atoms with E-state index in [0.29, 0.717) is 30.1 Å². The number of fused-ring (bicyclic) bond motifs is 1. The number of oxazole rings is 1. The number of rotatable bonds is 1. The first kappa shape index (κ1) is 8.79. The molecule has 1 saturated heterocycles. The van der Waals surface area contributed by atoms with Crippen LogP contribution in [-0.4, -0.2) is 22.7 Å². The molecule has 0 saturated carbocycles. The van der Waals surface area contributed by atoms with Crippen LogP contribution in [-0.2, 0) is 0 Å². The predicted octanol–water partition coefficient (Wildman–Crippen LogP) is 1.60. The van der Waals surface area contributed by atoms with Gasteiger partial charge >= 0.3 is 0 Å². The van der Waals surface area contributed by atoms with Gasteiger partial charge in [-0.25, -0.2) is 9.37 Å². The molecule has 78 valence electrons. The number of hydrogen-bond donors (Lipinski definition) is 1. The molecule has 1 fully saturated rings. The molecule has 2 unspecified atom stereocenters. The Hall–Kier alpha value is -1.49. The molecule has 0 aliphatic carbocycles. The van der Waals surface area contributed by atoms with Crippen molar-refractivity contribution >= 4 is 11.2 Å². The summed E-state index contributed by atoms with van der Waals surface area (Å²) in [6.07, 6.45) is 1.28. The smallest absolute Gasteiger partial charge is 0.214 e. The lowest BCUT2D eigenvalue weighted by atomic mass is 10.2. The molecule has 4 nitrogen and oxygen atoms in total. The van der Waals surface area contributed by atoms with Gasteiger partial charge in [-0.1, -0.05) is 0 Å². The zero-order chi connectivity index (χ0) is 10.3. The fraction of sp³-hybridized carbons (Fsp3) is 0.400. The van der Waals surface area contributed by atoms with E-state index >= 15 is 0 Å². The third-order valence-corrected chi connectivity index (χ3v) is 2.56. The molecule has 5 heteroatoms. The quantitative estimate of drug-likeness (QED) is 0.771. The first-order valence-corrected chi connectivity index (χ1v) is 4.92. The molecule has 0 amide bonds. The summed E-state index contributed by atoms with van der Waals surface area (Å²) in [5.74, 6) is 0.531. The molecule has 0 radical (unpaired) electrons. The molecule has 1 aliphatic heterocycles. The molecule has 0 spiro atoms. The number of alkyl halides is 1. The maximum atomic E-state index is 13.0. The highest BCUT2D eigenvalue weighted by atomic mass is 19.1. The lowest BCUT2D eigenvalue weighted by Crippen LogP contribution is -2.14. The number of halogens is 1. The zero-order valence-corrected chi connectivity index (χ0v) is 7.98. The Labute approximate surface area is 85.5 Å². The van der Waals surface area contributed by atoms with E-state index in [9.17, 15) is 4.39 Å². The predicted molar refractivity (Wildman–Crippen MR) is 52.1 cm³/mol. The first-order chi connectivity index (χ1) is 7.33. The topological polar surface area (TPSA) is 51.0 Å². The van der Waals surface area contributed by atoms with Crippen molar-refractivity contribution < 1.29 is 8.81 Å². The number of hydrogen-bond acceptors (Lipinski definition) is 4. The molecule has 3 heterocycles. The van der Waals surface area contributed by atoms with Crippen molar-refractivity contribution in [1.82, 2.24) is 15.3 Å². The van der Waals surface area contributed by atoms with Crippen LogP contribution in [0.5, 0.6) is 0 Å². The van der Waals surface area contributed by atoms with Gasteiger partial charge in [-0.3, -0.25) is 0 Å². The van der Waals surface area contributed by atoms with E-state index in [1.165, 1.54) is 0 Å². The van der Waals surface area contributed by atoms with Crippen LogP contribution < -0.4 is 5.32 Å². The molecule has 15 heavy (non-hydrogen) atoms. The molecule has 1 N–H and O–H groups in total. The van der Waals surface area contributed by atoms with Crippen LogP contribution in [0.4, 0.5) is 4.39 Å².